The van der Waals surface area contributed by atoms with Crippen molar-refractivity contribution in [3.05, 3.63) is 17.6 Å². The second-order valence-electron chi connectivity index (χ2n) is 5.65. The minimum Gasteiger partial charge on any atom is -0.481 e. The highest BCUT2D eigenvalue weighted by Crippen LogP contribution is 2.38. The van der Waals surface area contributed by atoms with E-state index in [-0.39, 0.29) is 12.0 Å². The van der Waals surface area contributed by atoms with Crippen LogP contribution in [0.4, 0.5) is 5.82 Å². The molecule has 2 saturated carbocycles. The topological polar surface area (TPSA) is 75.1 Å². The number of anilines is 1. The van der Waals surface area contributed by atoms with Crippen LogP contribution >= 0.6 is 0 Å². The Labute approximate surface area is 112 Å². The summed E-state index contributed by atoms with van der Waals surface area (Å²) in [4.78, 5) is 20.2. The highest BCUT2D eigenvalue weighted by molar-refractivity contribution is 5.72. The molecule has 2 atom stereocenters. The molecular weight excluding hydrogens is 242 g/mol. The van der Waals surface area contributed by atoms with Crippen molar-refractivity contribution >= 4 is 11.8 Å². The summed E-state index contributed by atoms with van der Waals surface area (Å²) in [6.45, 7) is 1.96. The van der Waals surface area contributed by atoms with Crippen molar-refractivity contribution in [2.75, 3.05) is 5.32 Å². The van der Waals surface area contributed by atoms with Crippen LogP contribution in [-0.4, -0.2) is 27.1 Å². The number of hydrogen-bond donors (Lipinski definition) is 2. The third-order valence-electron chi connectivity index (χ3n) is 3.98. The maximum Gasteiger partial charge on any atom is 0.308 e. The van der Waals surface area contributed by atoms with Gasteiger partial charge in [-0.25, -0.2) is 9.97 Å². The van der Waals surface area contributed by atoms with Gasteiger partial charge in [-0.3, -0.25) is 4.79 Å². The van der Waals surface area contributed by atoms with Gasteiger partial charge in [0.25, 0.3) is 0 Å². The predicted molar refractivity (Wildman–Crippen MR) is 71.1 cm³/mol. The van der Waals surface area contributed by atoms with E-state index in [0.29, 0.717) is 5.92 Å². The van der Waals surface area contributed by atoms with Gasteiger partial charge >= 0.3 is 5.97 Å². The molecule has 0 radical (unpaired) electrons. The summed E-state index contributed by atoms with van der Waals surface area (Å²) in [6.07, 6.45) is 4.97. The van der Waals surface area contributed by atoms with Crippen LogP contribution in [0, 0.1) is 12.8 Å². The van der Waals surface area contributed by atoms with E-state index in [1.165, 1.54) is 12.8 Å². The lowest BCUT2D eigenvalue weighted by molar-refractivity contribution is -0.141. The van der Waals surface area contributed by atoms with Crippen LogP contribution in [0.25, 0.3) is 0 Å². The van der Waals surface area contributed by atoms with Crippen LogP contribution in [-0.2, 0) is 4.79 Å². The fraction of sp³-hybridized carbons (Fsp3) is 0.643. The number of rotatable bonds is 4. The van der Waals surface area contributed by atoms with Crippen LogP contribution in [0.5, 0.6) is 0 Å². The molecule has 2 aliphatic carbocycles. The van der Waals surface area contributed by atoms with E-state index in [0.717, 1.165) is 36.6 Å². The molecule has 0 spiro atoms. The summed E-state index contributed by atoms with van der Waals surface area (Å²) in [7, 11) is 0. The number of hydrogen-bond acceptors (Lipinski definition) is 4. The summed E-state index contributed by atoms with van der Waals surface area (Å²) in [6, 6.07) is 1.90. The van der Waals surface area contributed by atoms with Crippen LogP contribution in [0.1, 0.15) is 49.5 Å². The van der Waals surface area contributed by atoms with E-state index >= 15 is 0 Å². The average Bonchev–Trinajstić information content (AvgIpc) is 3.09. The number of carbonyl (C=O) groups is 1. The molecule has 1 heterocycles. The number of aryl methyl sites for hydroxylation is 1. The Kier molecular flexibility index (Phi) is 3.12. The largest absolute Gasteiger partial charge is 0.481 e. The van der Waals surface area contributed by atoms with Gasteiger partial charge in [-0.05, 0) is 32.6 Å². The molecule has 2 fully saturated rings. The number of aromatic nitrogens is 2. The minimum atomic E-state index is -0.705. The van der Waals surface area contributed by atoms with Crippen molar-refractivity contribution in [2.24, 2.45) is 5.92 Å². The van der Waals surface area contributed by atoms with E-state index < -0.39 is 5.97 Å². The van der Waals surface area contributed by atoms with Crippen molar-refractivity contribution in [3.63, 3.8) is 0 Å². The zero-order valence-corrected chi connectivity index (χ0v) is 11.1. The van der Waals surface area contributed by atoms with Crippen molar-refractivity contribution in [2.45, 2.75) is 51.0 Å². The van der Waals surface area contributed by atoms with E-state index in [4.69, 9.17) is 0 Å². The number of nitrogens with zero attached hydrogens (tertiary/aromatic N) is 2. The Bertz CT molecular complexity index is 499. The maximum atomic E-state index is 11.2. The molecule has 1 aromatic rings. The molecule has 19 heavy (non-hydrogen) atoms. The van der Waals surface area contributed by atoms with Gasteiger partial charge in [-0.1, -0.05) is 6.42 Å². The Hall–Kier alpha value is -1.65. The lowest BCUT2D eigenvalue weighted by atomic mass is 10.0. The minimum absolute atomic E-state index is 0.00106. The third kappa shape index (κ3) is 2.69. The van der Waals surface area contributed by atoms with Crippen LogP contribution in [0.3, 0.4) is 0 Å². The van der Waals surface area contributed by atoms with Crippen LogP contribution < -0.4 is 5.32 Å². The summed E-state index contributed by atoms with van der Waals surface area (Å²) < 4.78 is 0. The molecular formula is C14H19N3O2. The van der Waals surface area contributed by atoms with Crippen molar-refractivity contribution in [1.29, 1.82) is 0 Å². The molecule has 2 N–H and O–H groups in total. The van der Waals surface area contributed by atoms with E-state index in [2.05, 4.69) is 15.3 Å². The standard InChI is InChI=1S/C14H19N3O2/c1-8-7-12(17-13(15-8)9-5-6-9)16-11-4-2-3-10(11)14(18)19/h7,9-11H,2-6H2,1H3,(H,18,19)(H,15,16,17)/t10-,11+/m0/s1. The zero-order chi connectivity index (χ0) is 13.4. The lowest BCUT2D eigenvalue weighted by Crippen LogP contribution is -2.30. The second kappa shape index (κ2) is 4.79. The summed E-state index contributed by atoms with van der Waals surface area (Å²) >= 11 is 0. The number of carboxylic acids is 1. The maximum absolute atomic E-state index is 11.2. The summed E-state index contributed by atoms with van der Waals surface area (Å²) in [5.41, 5.74) is 0.948. The Morgan fingerprint density at radius 2 is 2.11 bits per heavy atom. The zero-order valence-electron chi connectivity index (χ0n) is 11.1. The average molecular weight is 261 g/mol. The monoisotopic (exact) mass is 261 g/mol. The van der Waals surface area contributed by atoms with Gasteiger partial charge in [0.2, 0.25) is 0 Å². The number of carboxylic acid groups (broad SMARTS) is 1. The molecule has 0 unspecified atom stereocenters. The molecule has 0 aromatic carbocycles. The molecule has 0 bridgehead atoms. The molecule has 0 aliphatic heterocycles. The molecule has 0 amide bonds. The predicted octanol–water partition coefficient (Wildman–Crippen LogP) is 2.33. The third-order valence-corrected chi connectivity index (χ3v) is 3.98. The number of nitrogens with one attached hydrogen (secondary N) is 1. The summed E-state index contributed by atoms with van der Waals surface area (Å²) in [5, 5.41) is 12.5. The molecule has 1 aromatic heterocycles. The molecule has 5 heteroatoms. The lowest BCUT2D eigenvalue weighted by Gasteiger charge is -2.18. The molecule has 5 nitrogen and oxygen atoms in total. The van der Waals surface area contributed by atoms with Gasteiger partial charge in [0.05, 0.1) is 5.92 Å². The molecule has 3 rings (SSSR count). The fourth-order valence-corrected chi connectivity index (χ4v) is 2.81. The highest BCUT2D eigenvalue weighted by Gasteiger charge is 2.33. The van der Waals surface area contributed by atoms with Crippen molar-refractivity contribution in [1.82, 2.24) is 9.97 Å². The first-order chi connectivity index (χ1) is 9.13. The van der Waals surface area contributed by atoms with Crippen LogP contribution in [0.15, 0.2) is 6.07 Å². The van der Waals surface area contributed by atoms with E-state index in [9.17, 15) is 9.90 Å². The first-order valence-corrected chi connectivity index (χ1v) is 6.98. The van der Waals surface area contributed by atoms with Gasteiger partial charge in [0, 0.05) is 23.7 Å². The van der Waals surface area contributed by atoms with Crippen molar-refractivity contribution < 1.29 is 9.90 Å². The van der Waals surface area contributed by atoms with E-state index in [1.807, 2.05) is 13.0 Å². The molecule has 2 aliphatic rings. The van der Waals surface area contributed by atoms with Gasteiger partial charge in [0.1, 0.15) is 11.6 Å². The molecule has 0 saturated heterocycles. The van der Waals surface area contributed by atoms with Gasteiger partial charge in [-0.15, -0.1) is 0 Å². The first kappa shape index (κ1) is 12.4. The highest BCUT2D eigenvalue weighted by atomic mass is 16.4. The van der Waals surface area contributed by atoms with Crippen LogP contribution in [0.2, 0.25) is 0 Å². The summed E-state index contributed by atoms with van der Waals surface area (Å²) in [5.74, 6) is 1.21. The van der Waals surface area contributed by atoms with Gasteiger partial charge < -0.3 is 10.4 Å². The molecule has 102 valence electrons. The van der Waals surface area contributed by atoms with Crippen molar-refractivity contribution in [3.8, 4) is 0 Å². The SMILES string of the molecule is Cc1cc(N[C@@H]2CCC[C@@H]2C(=O)O)nc(C2CC2)n1. The smallest absolute Gasteiger partial charge is 0.308 e. The second-order valence-corrected chi connectivity index (χ2v) is 5.65. The first-order valence-electron chi connectivity index (χ1n) is 6.98. The van der Waals surface area contributed by atoms with Gasteiger partial charge in [0.15, 0.2) is 0 Å². The Morgan fingerprint density at radius 3 is 2.79 bits per heavy atom. The normalized spacial score (nSPS) is 26.4. The quantitative estimate of drug-likeness (QED) is 0.870. The van der Waals surface area contributed by atoms with Gasteiger partial charge in [-0.2, -0.15) is 0 Å². The number of aliphatic carboxylic acids is 1. The van der Waals surface area contributed by atoms with E-state index in [1.54, 1.807) is 0 Å². The Balaban J connectivity index is 1.77. The fourth-order valence-electron chi connectivity index (χ4n) is 2.81. The Morgan fingerprint density at radius 1 is 1.32 bits per heavy atom.